The zero-order valence-corrected chi connectivity index (χ0v) is 20.5. The van der Waals surface area contributed by atoms with Crippen LogP contribution in [0, 0.1) is 11.8 Å². The van der Waals surface area contributed by atoms with Crippen LogP contribution >= 0.6 is 0 Å². The van der Waals surface area contributed by atoms with Crippen molar-refractivity contribution in [1.29, 1.82) is 0 Å². The van der Waals surface area contributed by atoms with Gasteiger partial charge in [0.2, 0.25) is 0 Å². The zero-order valence-electron chi connectivity index (χ0n) is 20.5. The van der Waals surface area contributed by atoms with E-state index in [0.717, 1.165) is 23.0 Å². The van der Waals surface area contributed by atoms with Gasteiger partial charge in [-0.2, -0.15) is 0 Å². The Morgan fingerprint density at radius 1 is 0.912 bits per heavy atom. The summed E-state index contributed by atoms with van der Waals surface area (Å²) in [5, 5.41) is 9.34. The summed E-state index contributed by atoms with van der Waals surface area (Å²) < 4.78 is 5.23. The Labute approximate surface area is 205 Å². The zero-order chi connectivity index (χ0) is 23.8. The number of hydrogen-bond donors (Lipinski definition) is 1. The third-order valence-electron chi connectivity index (χ3n) is 8.13. The molecule has 2 aromatic rings. The molecule has 1 N–H and O–H groups in total. The molecule has 0 radical (unpaired) electrons. The molecule has 0 spiro atoms. The maximum Gasteiger partial charge on any atom is 0.330 e. The Balaban J connectivity index is 1.42. The average Bonchev–Trinajstić information content (AvgIpc) is 2.90. The van der Waals surface area contributed by atoms with Gasteiger partial charge in [0.15, 0.2) is 0 Å². The number of esters is 1. The second kappa shape index (κ2) is 12.4. The number of ether oxygens (including phenoxy) is 1. The van der Waals surface area contributed by atoms with Gasteiger partial charge in [-0.25, -0.2) is 4.79 Å². The lowest BCUT2D eigenvalue weighted by Gasteiger charge is -2.36. The molecule has 4 rings (SSSR count). The van der Waals surface area contributed by atoms with Crippen molar-refractivity contribution in [3.63, 3.8) is 0 Å². The Morgan fingerprint density at radius 3 is 2.29 bits per heavy atom. The van der Waals surface area contributed by atoms with Crippen molar-refractivity contribution < 1.29 is 14.6 Å². The van der Waals surface area contributed by atoms with Crippen molar-refractivity contribution in [3.05, 3.63) is 71.8 Å². The minimum Gasteiger partial charge on any atom is -0.462 e. The van der Waals surface area contributed by atoms with Gasteiger partial charge < -0.3 is 9.84 Å². The van der Waals surface area contributed by atoms with Crippen LogP contribution in [-0.2, 0) is 22.4 Å². The van der Waals surface area contributed by atoms with Crippen LogP contribution in [0.15, 0.2) is 55.1 Å². The Morgan fingerprint density at radius 2 is 1.62 bits per heavy atom. The van der Waals surface area contributed by atoms with E-state index in [9.17, 15) is 9.90 Å². The molecule has 0 saturated heterocycles. The van der Waals surface area contributed by atoms with Crippen LogP contribution in [0.25, 0.3) is 11.1 Å². The molecule has 34 heavy (non-hydrogen) atoms. The highest BCUT2D eigenvalue weighted by Gasteiger charge is 2.29. The Hall–Kier alpha value is -2.39. The summed E-state index contributed by atoms with van der Waals surface area (Å²) in [6.45, 7) is 3.91. The molecule has 3 heteroatoms. The monoisotopic (exact) mass is 460 g/mol. The number of hydrogen-bond acceptors (Lipinski definition) is 3. The fraction of sp³-hybridized carbons (Fsp3) is 0.516. The number of rotatable bonds is 9. The molecule has 2 aliphatic carbocycles. The summed E-state index contributed by atoms with van der Waals surface area (Å²) >= 11 is 0. The number of carbonyl (C=O) groups is 1. The SMILES string of the molecule is C=CC(=O)OCCc1cc(CCO)ccc1-c1ccc(C2CCC(C3CCCCC3)CC2)cc1. The van der Waals surface area contributed by atoms with E-state index in [2.05, 4.69) is 49.0 Å². The van der Waals surface area contributed by atoms with Crippen LogP contribution in [0.2, 0.25) is 0 Å². The second-order valence-corrected chi connectivity index (χ2v) is 10.2. The normalized spacial score (nSPS) is 21.2. The largest absolute Gasteiger partial charge is 0.462 e. The third-order valence-corrected chi connectivity index (χ3v) is 8.13. The van der Waals surface area contributed by atoms with Crippen molar-refractivity contribution in [2.75, 3.05) is 13.2 Å². The Bertz CT molecular complexity index is 932. The lowest BCUT2D eigenvalue weighted by molar-refractivity contribution is -0.137. The highest BCUT2D eigenvalue weighted by molar-refractivity contribution is 5.81. The first kappa shape index (κ1) is 24.7. The summed E-state index contributed by atoms with van der Waals surface area (Å²) in [5.41, 5.74) is 6.08. The van der Waals surface area contributed by atoms with Gasteiger partial charge in [0, 0.05) is 19.1 Å². The predicted octanol–water partition coefficient (Wildman–Crippen LogP) is 7.01. The van der Waals surface area contributed by atoms with Gasteiger partial charge in [-0.05, 0) is 77.7 Å². The van der Waals surface area contributed by atoms with Gasteiger partial charge in [-0.3, -0.25) is 0 Å². The van der Waals surface area contributed by atoms with Crippen LogP contribution in [0.1, 0.15) is 80.4 Å². The van der Waals surface area contributed by atoms with Gasteiger partial charge in [0.1, 0.15) is 0 Å². The first-order valence-electron chi connectivity index (χ1n) is 13.3. The number of benzene rings is 2. The summed E-state index contributed by atoms with van der Waals surface area (Å²) in [7, 11) is 0. The molecule has 0 bridgehead atoms. The van der Waals surface area contributed by atoms with E-state index in [1.807, 2.05) is 0 Å². The molecule has 2 saturated carbocycles. The van der Waals surface area contributed by atoms with Crippen LogP contribution in [-0.4, -0.2) is 24.3 Å². The summed E-state index contributed by atoms with van der Waals surface area (Å²) in [5.74, 6) is 2.26. The Kier molecular flexibility index (Phi) is 8.98. The summed E-state index contributed by atoms with van der Waals surface area (Å²) in [6, 6.07) is 15.5. The quantitative estimate of drug-likeness (QED) is 0.323. The van der Waals surface area contributed by atoms with Crippen LogP contribution in [0.4, 0.5) is 0 Å². The minimum atomic E-state index is -0.393. The molecular formula is C31H40O3. The maximum absolute atomic E-state index is 11.5. The van der Waals surface area contributed by atoms with Gasteiger partial charge in [0.25, 0.3) is 0 Å². The third kappa shape index (κ3) is 6.39. The van der Waals surface area contributed by atoms with E-state index in [4.69, 9.17) is 4.74 Å². The number of aliphatic hydroxyl groups excluding tert-OH is 1. The van der Waals surface area contributed by atoms with E-state index in [1.165, 1.54) is 80.6 Å². The molecule has 0 aromatic heterocycles. The highest BCUT2D eigenvalue weighted by atomic mass is 16.5. The van der Waals surface area contributed by atoms with E-state index in [1.54, 1.807) is 0 Å². The minimum absolute atomic E-state index is 0.127. The molecule has 0 atom stereocenters. The van der Waals surface area contributed by atoms with Gasteiger partial charge in [-0.1, -0.05) is 81.1 Å². The maximum atomic E-state index is 11.5. The molecule has 0 aliphatic heterocycles. The van der Waals surface area contributed by atoms with Crippen LogP contribution in [0.5, 0.6) is 0 Å². The summed E-state index contributed by atoms with van der Waals surface area (Å²) in [4.78, 5) is 11.5. The molecule has 2 fully saturated rings. The van der Waals surface area contributed by atoms with E-state index < -0.39 is 5.97 Å². The fourth-order valence-electron chi connectivity index (χ4n) is 6.20. The molecule has 182 valence electrons. The summed E-state index contributed by atoms with van der Waals surface area (Å²) in [6.07, 6.45) is 15.2. The van der Waals surface area contributed by atoms with Crippen molar-refractivity contribution >= 4 is 5.97 Å². The molecule has 0 amide bonds. The smallest absolute Gasteiger partial charge is 0.330 e. The first-order valence-corrected chi connectivity index (χ1v) is 13.3. The first-order chi connectivity index (χ1) is 16.7. The molecule has 2 aliphatic rings. The molecule has 3 nitrogen and oxygen atoms in total. The molecule has 0 heterocycles. The van der Waals surface area contributed by atoms with Crippen LogP contribution < -0.4 is 0 Å². The molecular weight excluding hydrogens is 420 g/mol. The topological polar surface area (TPSA) is 46.5 Å². The standard InChI is InChI=1S/C31H40O3/c1-2-31(33)34-21-19-29-22-23(18-20-32)8-17-30(29)28-15-13-27(14-16-28)26-11-9-25(10-12-26)24-6-4-3-5-7-24/h2,8,13-17,22,24-26,32H,1,3-7,9-12,18-21H2. The van der Waals surface area contributed by atoms with Crippen molar-refractivity contribution in [3.8, 4) is 11.1 Å². The van der Waals surface area contributed by atoms with Gasteiger partial charge in [0.05, 0.1) is 6.61 Å². The van der Waals surface area contributed by atoms with Crippen molar-refractivity contribution in [2.45, 2.75) is 76.5 Å². The van der Waals surface area contributed by atoms with E-state index in [-0.39, 0.29) is 6.61 Å². The van der Waals surface area contributed by atoms with Crippen molar-refractivity contribution in [1.82, 2.24) is 0 Å². The average molecular weight is 461 g/mol. The number of aliphatic hydroxyl groups is 1. The predicted molar refractivity (Wildman–Crippen MR) is 139 cm³/mol. The fourth-order valence-corrected chi connectivity index (χ4v) is 6.20. The lowest BCUT2D eigenvalue weighted by atomic mass is 9.70. The molecule has 2 aromatic carbocycles. The lowest BCUT2D eigenvalue weighted by Crippen LogP contribution is -2.23. The molecule has 0 unspecified atom stereocenters. The van der Waals surface area contributed by atoms with Gasteiger partial charge in [-0.15, -0.1) is 0 Å². The highest BCUT2D eigenvalue weighted by Crippen LogP contribution is 2.43. The van der Waals surface area contributed by atoms with Crippen molar-refractivity contribution in [2.24, 2.45) is 11.8 Å². The van der Waals surface area contributed by atoms with Crippen LogP contribution in [0.3, 0.4) is 0 Å². The number of carbonyl (C=O) groups excluding carboxylic acids is 1. The van der Waals surface area contributed by atoms with E-state index >= 15 is 0 Å². The van der Waals surface area contributed by atoms with Gasteiger partial charge >= 0.3 is 5.97 Å². The second-order valence-electron chi connectivity index (χ2n) is 10.2. The van der Waals surface area contributed by atoms with E-state index in [0.29, 0.717) is 25.4 Å².